The highest BCUT2D eigenvalue weighted by Crippen LogP contribution is 2.40. The number of methoxy groups -OCH3 is 4. The second-order valence-corrected chi connectivity index (χ2v) is 7.22. The Balaban J connectivity index is 2.19. The van der Waals surface area contributed by atoms with Crippen molar-refractivity contribution in [1.82, 2.24) is 0 Å². The summed E-state index contributed by atoms with van der Waals surface area (Å²) in [5, 5.41) is 0. The lowest BCUT2D eigenvalue weighted by molar-refractivity contribution is -0.136. The third-order valence-corrected chi connectivity index (χ3v) is 5.30. The summed E-state index contributed by atoms with van der Waals surface area (Å²) < 4.78 is 21.1. The van der Waals surface area contributed by atoms with Crippen LogP contribution in [-0.2, 0) is 14.3 Å². The minimum absolute atomic E-state index is 0.129. The van der Waals surface area contributed by atoms with Crippen molar-refractivity contribution in [3.8, 4) is 17.2 Å². The summed E-state index contributed by atoms with van der Waals surface area (Å²) in [6.07, 6.45) is 1.57. The van der Waals surface area contributed by atoms with E-state index in [1.807, 2.05) is 0 Å². The monoisotopic (exact) mass is 451 g/mol. The van der Waals surface area contributed by atoms with Crippen LogP contribution in [0.2, 0.25) is 0 Å². The third-order valence-electron chi connectivity index (χ3n) is 5.30. The zero-order chi connectivity index (χ0) is 24.3. The molecule has 0 radical (unpaired) electrons. The number of ketones is 1. The van der Waals surface area contributed by atoms with Crippen LogP contribution in [-0.4, -0.2) is 46.1 Å². The van der Waals surface area contributed by atoms with E-state index in [0.717, 1.165) is 0 Å². The van der Waals surface area contributed by atoms with Crippen molar-refractivity contribution in [3.63, 3.8) is 0 Å². The summed E-state index contributed by atoms with van der Waals surface area (Å²) in [7, 11) is 5.72. The van der Waals surface area contributed by atoms with Crippen LogP contribution in [0.15, 0.2) is 53.2 Å². The van der Waals surface area contributed by atoms with E-state index >= 15 is 0 Å². The van der Waals surface area contributed by atoms with Crippen molar-refractivity contribution >= 4 is 29.4 Å². The molecule has 172 valence electrons. The van der Waals surface area contributed by atoms with Crippen molar-refractivity contribution in [2.75, 3.05) is 33.3 Å². The van der Waals surface area contributed by atoms with Crippen LogP contribution in [0.4, 0.5) is 5.69 Å². The molecule has 0 aromatic heterocycles. The number of nitrogens with zero attached hydrogens (tertiary/aromatic N) is 1. The van der Waals surface area contributed by atoms with Crippen molar-refractivity contribution < 1.29 is 33.3 Å². The van der Waals surface area contributed by atoms with Crippen LogP contribution < -0.4 is 19.1 Å². The predicted octanol–water partition coefficient (Wildman–Crippen LogP) is 3.79. The number of benzene rings is 2. The molecule has 0 spiro atoms. The number of anilines is 1. The largest absolute Gasteiger partial charge is 0.493 e. The van der Waals surface area contributed by atoms with Gasteiger partial charge in [-0.2, -0.15) is 0 Å². The lowest BCUT2D eigenvalue weighted by Crippen LogP contribution is -2.24. The summed E-state index contributed by atoms with van der Waals surface area (Å²) in [6, 6.07) is 10.0. The van der Waals surface area contributed by atoms with Crippen molar-refractivity contribution in [2.24, 2.45) is 0 Å². The van der Waals surface area contributed by atoms with E-state index in [2.05, 4.69) is 0 Å². The number of esters is 1. The van der Waals surface area contributed by atoms with Gasteiger partial charge in [0, 0.05) is 16.9 Å². The Morgan fingerprint density at radius 1 is 0.939 bits per heavy atom. The van der Waals surface area contributed by atoms with Gasteiger partial charge in [0.1, 0.15) is 0 Å². The lowest BCUT2D eigenvalue weighted by atomic mass is 10.0. The van der Waals surface area contributed by atoms with Gasteiger partial charge in [0.05, 0.1) is 39.6 Å². The minimum atomic E-state index is -0.648. The molecule has 0 aliphatic carbocycles. The minimum Gasteiger partial charge on any atom is -0.493 e. The number of rotatable bonds is 7. The average molecular weight is 451 g/mol. The molecule has 0 atom stereocenters. The average Bonchev–Trinajstić information content (AvgIpc) is 3.06. The predicted molar refractivity (Wildman–Crippen MR) is 123 cm³/mol. The molecule has 3 rings (SSSR count). The van der Waals surface area contributed by atoms with Gasteiger partial charge in [-0.15, -0.1) is 0 Å². The Morgan fingerprint density at radius 2 is 1.58 bits per heavy atom. The van der Waals surface area contributed by atoms with Gasteiger partial charge < -0.3 is 18.9 Å². The molecule has 0 unspecified atom stereocenters. The van der Waals surface area contributed by atoms with E-state index < -0.39 is 11.9 Å². The molecule has 0 N–H and O–H groups in total. The maximum Gasteiger partial charge on any atom is 0.340 e. The fourth-order valence-electron chi connectivity index (χ4n) is 3.71. The normalized spacial score (nSPS) is 14.5. The SMILES string of the molecule is COC(=O)C1=C(C)N(c2cccc(C(C)=O)c2)C(=O)/C1=C\c1cc(OC)c(OC)c(OC)c1. The van der Waals surface area contributed by atoms with E-state index in [1.54, 1.807) is 49.4 Å². The summed E-state index contributed by atoms with van der Waals surface area (Å²) >= 11 is 0. The Bertz CT molecular complexity index is 1170. The molecule has 0 saturated carbocycles. The highest BCUT2D eigenvalue weighted by atomic mass is 16.5. The maximum absolute atomic E-state index is 13.5. The fraction of sp³-hybridized carbons (Fsp3) is 0.240. The van der Waals surface area contributed by atoms with Gasteiger partial charge in [0.2, 0.25) is 5.75 Å². The number of carbonyl (C=O) groups is 3. The molecule has 2 aromatic rings. The molecule has 1 heterocycles. The molecule has 0 bridgehead atoms. The van der Waals surface area contributed by atoms with Crippen LogP contribution in [0, 0.1) is 0 Å². The number of hydrogen-bond acceptors (Lipinski definition) is 7. The molecule has 33 heavy (non-hydrogen) atoms. The number of allylic oxidation sites excluding steroid dienone is 1. The highest BCUT2D eigenvalue weighted by molar-refractivity contribution is 6.24. The van der Waals surface area contributed by atoms with Crippen LogP contribution in [0.5, 0.6) is 17.2 Å². The Labute approximate surface area is 192 Å². The lowest BCUT2D eigenvalue weighted by Gasteiger charge is -2.18. The molecule has 8 heteroatoms. The maximum atomic E-state index is 13.5. The first-order valence-corrected chi connectivity index (χ1v) is 10.0. The van der Waals surface area contributed by atoms with Crippen LogP contribution in [0.1, 0.15) is 29.8 Å². The first-order chi connectivity index (χ1) is 15.8. The zero-order valence-electron chi connectivity index (χ0n) is 19.3. The summed E-state index contributed by atoms with van der Waals surface area (Å²) in [5.74, 6) is 0.00192. The van der Waals surface area contributed by atoms with Crippen molar-refractivity contribution in [1.29, 1.82) is 0 Å². The molecular formula is C25H25NO7. The van der Waals surface area contributed by atoms with Gasteiger partial charge >= 0.3 is 5.97 Å². The third kappa shape index (κ3) is 4.32. The molecular weight excluding hydrogens is 426 g/mol. The van der Waals surface area contributed by atoms with Crippen LogP contribution in [0.25, 0.3) is 6.08 Å². The topological polar surface area (TPSA) is 91.4 Å². The van der Waals surface area contributed by atoms with Gasteiger partial charge in [-0.05, 0) is 49.8 Å². The number of ether oxygens (including phenoxy) is 4. The quantitative estimate of drug-likeness (QED) is 0.359. The van der Waals surface area contributed by atoms with E-state index in [-0.39, 0.29) is 16.9 Å². The number of carbonyl (C=O) groups excluding carboxylic acids is 3. The van der Waals surface area contributed by atoms with E-state index in [1.165, 1.54) is 40.3 Å². The number of amides is 1. The highest BCUT2D eigenvalue weighted by Gasteiger charge is 2.38. The molecule has 8 nitrogen and oxygen atoms in total. The van der Waals surface area contributed by atoms with E-state index in [9.17, 15) is 14.4 Å². The Hall–Kier alpha value is -4.07. The van der Waals surface area contributed by atoms with Gasteiger partial charge in [0.15, 0.2) is 17.3 Å². The second-order valence-electron chi connectivity index (χ2n) is 7.22. The molecule has 1 aliphatic rings. The first-order valence-electron chi connectivity index (χ1n) is 10.0. The first kappa shape index (κ1) is 23.6. The standard InChI is InChI=1S/C25H25NO7/c1-14-22(25(29)33-6)19(10-16-11-20(30-3)23(32-5)21(12-16)31-4)24(28)26(14)18-9-7-8-17(13-18)15(2)27/h7-13H,1-6H3/b19-10-. The zero-order valence-corrected chi connectivity index (χ0v) is 19.3. The summed E-state index contributed by atoms with van der Waals surface area (Å²) in [4.78, 5) is 39.4. The molecule has 1 amide bonds. The summed E-state index contributed by atoms with van der Waals surface area (Å²) in [5.41, 5.74) is 2.15. The second kappa shape index (κ2) is 9.60. The van der Waals surface area contributed by atoms with Crippen LogP contribution >= 0.6 is 0 Å². The molecule has 1 aliphatic heterocycles. The van der Waals surface area contributed by atoms with Crippen molar-refractivity contribution in [3.05, 3.63) is 64.4 Å². The smallest absolute Gasteiger partial charge is 0.340 e. The van der Waals surface area contributed by atoms with Gasteiger partial charge in [-0.3, -0.25) is 14.5 Å². The Kier molecular flexibility index (Phi) is 6.86. The molecule has 0 fully saturated rings. The van der Waals surface area contributed by atoms with E-state index in [0.29, 0.717) is 39.8 Å². The number of Topliss-reactive ketones (excluding diaryl/α,β-unsaturated/α-hetero) is 1. The Morgan fingerprint density at radius 3 is 2.09 bits per heavy atom. The molecule has 2 aromatic carbocycles. The van der Waals surface area contributed by atoms with Crippen molar-refractivity contribution in [2.45, 2.75) is 13.8 Å². The van der Waals surface area contributed by atoms with Gasteiger partial charge in [0.25, 0.3) is 5.91 Å². The number of hydrogen-bond donors (Lipinski definition) is 0. The van der Waals surface area contributed by atoms with E-state index in [4.69, 9.17) is 18.9 Å². The van der Waals surface area contributed by atoms with Gasteiger partial charge in [-0.25, -0.2) is 4.79 Å². The fourth-order valence-corrected chi connectivity index (χ4v) is 3.71. The van der Waals surface area contributed by atoms with Gasteiger partial charge in [-0.1, -0.05) is 12.1 Å². The van der Waals surface area contributed by atoms with Crippen LogP contribution in [0.3, 0.4) is 0 Å². The molecule has 0 saturated heterocycles. The summed E-state index contributed by atoms with van der Waals surface area (Å²) in [6.45, 7) is 3.10.